The number of anilines is 1. The number of rotatable bonds is 4. The van der Waals surface area contributed by atoms with Crippen LogP contribution in [0.15, 0.2) is 40.9 Å². The van der Waals surface area contributed by atoms with Crippen LogP contribution < -0.4 is 10.1 Å². The summed E-state index contributed by atoms with van der Waals surface area (Å²) in [6, 6.07) is 10.4. The van der Waals surface area contributed by atoms with E-state index in [0.29, 0.717) is 27.5 Å². The van der Waals surface area contributed by atoms with Crippen molar-refractivity contribution in [1.29, 1.82) is 0 Å². The summed E-state index contributed by atoms with van der Waals surface area (Å²) in [4.78, 5) is 0. The van der Waals surface area contributed by atoms with Crippen LogP contribution in [0.5, 0.6) is 5.75 Å². The summed E-state index contributed by atoms with van der Waals surface area (Å²) in [5, 5.41) is 3.69. The molecule has 0 aliphatic carbocycles. The molecule has 0 aliphatic rings. The van der Waals surface area contributed by atoms with E-state index in [1.165, 1.54) is 6.07 Å². The third-order valence-electron chi connectivity index (χ3n) is 2.63. The largest absolute Gasteiger partial charge is 0.495 e. The quantitative estimate of drug-likeness (QED) is 0.855. The van der Waals surface area contributed by atoms with Crippen molar-refractivity contribution >= 4 is 33.2 Å². The molecule has 0 unspecified atom stereocenters. The smallest absolute Gasteiger partial charge is 0.139 e. The van der Waals surface area contributed by atoms with Gasteiger partial charge >= 0.3 is 0 Å². The molecule has 2 nitrogen and oxygen atoms in total. The molecule has 19 heavy (non-hydrogen) atoms. The van der Waals surface area contributed by atoms with Crippen LogP contribution in [0.3, 0.4) is 0 Å². The van der Waals surface area contributed by atoms with Gasteiger partial charge in [-0.25, -0.2) is 4.39 Å². The first-order chi connectivity index (χ1) is 9.10. The Bertz CT molecular complexity index is 592. The van der Waals surface area contributed by atoms with Crippen LogP contribution in [0.2, 0.25) is 5.02 Å². The van der Waals surface area contributed by atoms with Crippen molar-refractivity contribution in [2.75, 3.05) is 12.4 Å². The molecule has 0 saturated heterocycles. The van der Waals surface area contributed by atoms with Crippen molar-refractivity contribution in [1.82, 2.24) is 0 Å². The van der Waals surface area contributed by atoms with Crippen molar-refractivity contribution in [3.63, 3.8) is 0 Å². The molecule has 2 rings (SSSR count). The molecule has 0 amide bonds. The van der Waals surface area contributed by atoms with Gasteiger partial charge in [0.15, 0.2) is 0 Å². The standard InChI is InChI=1S/C14H12BrClFNO/c1-19-14-5-2-9(6-12(14)16)8-18-10-3-4-11(15)13(17)7-10/h2-7,18H,8H2,1H3. The van der Waals surface area contributed by atoms with E-state index in [0.717, 1.165) is 5.56 Å². The maximum atomic E-state index is 13.3. The van der Waals surface area contributed by atoms with Gasteiger partial charge < -0.3 is 10.1 Å². The molecule has 0 aromatic heterocycles. The predicted molar refractivity (Wildman–Crippen MR) is 79.4 cm³/mol. The molecular formula is C14H12BrClFNO. The monoisotopic (exact) mass is 343 g/mol. The van der Waals surface area contributed by atoms with Crippen molar-refractivity contribution in [3.8, 4) is 5.75 Å². The zero-order valence-electron chi connectivity index (χ0n) is 10.2. The summed E-state index contributed by atoms with van der Waals surface area (Å²) in [6.45, 7) is 0.560. The minimum Gasteiger partial charge on any atom is -0.495 e. The Morgan fingerprint density at radius 3 is 2.68 bits per heavy atom. The van der Waals surface area contributed by atoms with Crippen molar-refractivity contribution in [3.05, 3.63) is 57.3 Å². The summed E-state index contributed by atoms with van der Waals surface area (Å²) >= 11 is 9.15. The highest BCUT2D eigenvalue weighted by Crippen LogP contribution is 2.25. The Hall–Kier alpha value is -1.26. The Balaban J connectivity index is 2.05. The Labute approximate surface area is 124 Å². The number of hydrogen-bond donors (Lipinski definition) is 1. The Morgan fingerprint density at radius 1 is 1.26 bits per heavy atom. The third-order valence-corrected chi connectivity index (χ3v) is 3.57. The second-order valence-corrected chi connectivity index (χ2v) is 5.21. The lowest BCUT2D eigenvalue weighted by Crippen LogP contribution is -2.00. The van der Waals surface area contributed by atoms with E-state index in [4.69, 9.17) is 16.3 Å². The van der Waals surface area contributed by atoms with Crippen LogP contribution in [0.1, 0.15) is 5.56 Å². The first-order valence-corrected chi connectivity index (χ1v) is 6.78. The zero-order valence-corrected chi connectivity index (χ0v) is 12.6. The second kappa shape index (κ2) is 6.26. The average Bonchev–Trinajstić information content (AvgIpc) is 2.40. The van der Waals surface area contributed by atoms with E-state index in [1.807, 2.05) is 18.2 Å². The van der Waals surface area contributed by atoms with Gasteiger partial charge in [-0.15, -0.1) is 0 Å². The minimum absolute atomic E-state index is 0.294. The van der Waals surface area contributed by atoms with E-state index in [-0.39, 0.29) is 5.82 Å². The highest BCUT2D eigenvalue weighted by Gasteiger charge is 2.03. The molecule has 0 saturated carbocycles. The van der Waals surface area contributed by atoms with Gasteiger partial charge in [0.05, 0.1) is 16.6 Å². The van der Waals surface area contributed by atoms with Gasteiger partial charge in [0.1, 0.15) is 11.6 Å². The number of halogens is 3. The van der Waals surface area contributed by atoms with E-state index in [9.17, 15) is 4.39 Å². The minimum atomic E-state index is -0.294. The lowest BCUT2D eigenvalue weighted by Gasteiger charge is -2.09. The van der Waals surface area contributed by atoms with Crippen molar-refractivity contribution < 1.29 is 9.13 Å². The molecule has 5 heteroatoms. The number of ether oxygens (including phenoxy) is 1. The highest BCUT2D eigenvalue weighted by molar-refractivity contribution is 9.10. The molecule has 0 spiro atoms. The van der Waals surface area contributed by atoms with E-state index in [1.54, 1.807) is 19.2 Å². The first kappa shape index (κ1) is 14.2. The van der Waals surface area contributed by atoms with Gasteiger partial charge in [-0.3, -0.25) is 0 Å². The molecule has 0 atom stereocenters. The summed E-state index contributed by atoms with van der Waals surface area (Å²) in [7, 11) is 1.57. The van der Waals surface area contributed by atoms with Gasteiger partial charge in [0.25, 0.3) is 0 Å². The normalized spacial score (nSPS) is 10.3. The van der Waals surface area contributed by atoms with Crippen LogP contribution in [-0.2, 0) is 6.54 Å². The molecule has 1 N–H and O–H groups in total. The molecule has 0 radical (unpaired) electrons. The van der Waals surface area contributed by atoms with E-state index >= 15 is 0 Å². The molecule has 0 fully saturated rings. The van der Waals surface area contributed by atoms with Crippen LogP contribution in [-0.4, -0.2) is 7.11 Å². The zero-order chi connectivity index (χ0) is 13.8. The lowest BCUT2D eigenvalue weighted by molar-refractivity contribution is 0.415. The fraction of sp³-hybridized carbons (Fsp3) is 0.143. The van der Waals surface area contributed by atoms with Crippen molar-refractivity contribution in [2.24, 2.45) is 0 Å². The Morgan fingerprint density at radius 2 is 2.05 bits per heavy atom. The number of methoxy groups -OCH3 is 1. The lowest BCUT2D eigenvalue weighted by atomic mass is 10.2. The van der Waals surface area contributed by atoms with Gasteiger partial charge in [0, 0.05) is 12.2 Å². The van der Waals surface area contributed by atoms with Crippen LogP contribution in [0, 0.1) is 5.82 Å². The number of hydrogen-bond acceptors (Lipinski definition) is 2. The topological polar surface area (TPSA) is 21.3 Å². The number of benzene rings is 2. The van der Waals surface area contributed by atoms with Crippen LogP contribution in [0.25, 0.3) is 0 Å². The summed E-state index contributed by atoms with van der Waals surface area (Å²) < 4.78 is 18.9. The van der Waals surface area contributed by atoms with Crippen molar-refractivity contribution in [2.45, 2.75) is 6.54 Å². The maximum Gasteiger partial charge on any atom is 0.139 e. The fourth-order valence-corrected chi connectivity index (χ4v) is 2.16. The molecule has 100 valence electrons. The average molecular weight is 345 g/mol. The Kier molecular flexibility index (Phi) is 4.66. The maximum absolute atomic E-state index is 13.3. The van der Waals surface area contributed by atoms with Gasteiger partial charge in [0.2, 0.25) is 0 Å². The first-order valence-electron chi connectivity index (χ1n) is 5.61. The van der Waals surface area contributed by atoms with Gasteiger partial charge in [-0.05, 0) is 51.8 Å². The summed E-state index contributed by atoms with van der Waals surface area (Å²) in [5.41, 5.74) is 1.71. The van der Waals surface area contributed by atoms with Crippen LogP contribution >= 0.6 is 27.5 Å². The third kappa shape index (κ3) is 3.61. The highest BCUT2D eigenvalue weighted by atomic mass is 79.9. The molecule has 0 bridgehead atoms. The molecule has 2 aromatic carbocycles. The molecular weight excluding hydrogens is 333 g/mol. The molecule has 0 heterocycles. The summed E-state index contributed by atoms with van der Waals surface area (Å²) in [6.07, 6.45) is 0. The SMILES string of the molecule is COc1ccc(CNc2ccc(Br)c(F)c2)cc1Cl. The van der Waals surface area contributed by atoms with E-state index < -0.39 is 0 Å². The summed E-state index contributed by atoms with van der Waals surface area (Å²) in [5.74, 6) is 0.345. The van der Waals surface area contributed by atoms with Gasteiger partial charge in [-0.2, -0.15) is 0 Å². The number of nitrogens with one attached hydrogen (secondary N) is 1. The molecule has 2 aromatic rings. The predicted octanol–water partition coefficient (Wildman–Crippen LogP) is 4.86. The molecule has 0 aliphatic heterocycles. The fourth-order valence-electron chi connectivity index (χ4n) is 1.63. The van der Waals surface area contributed by atoms with Crippen LogP contribution in [0.4, 0.5) is 10.1 Å². The van der Waals surface area contributed by atoms with E-state index in [2.05, 4.69) is 21.2 Å². The second-order valence-electron chi connectivity index (χ2n) is 3.95. The van der Waals surface area contributed by atoms with Gasteiger partial charge in [-0.1, -0.05) is 17.7 Å².